The van der Waals surface area contributed by atoms with Gasteiger partial charge in [-0.3, -0.25) is 4.79 Å². The molecule has 32 heavy (non-hydrogen) atoms. The van der Waals surface area contributed by atoms with Crippen LogP contribution in [0, 0.1) is 11.6 Å². The van der Waals surface area contributed by atoms with Gasteiger partial charge in [0.2, 0.25) is 26.0 Å². The second-order valence-electron chi connectivity index (χ2n) is 6.93. The van der Waals surface area contributed by atoms with Crippen LogP contribution in [0.25, 0.3) is 0 Å². The molecule has 2 aromatic carbocycles. The number of piperazine rings is 1. The fourth-order valence-corrected chi connectivity index (χ4v) is 5.66. The molecule has 9 nitrogen and oxygen atoms in total. The summed E-state index contributed by atoms with van der Waals surface area (Å²) in [5, 5.41) is 0.375. The Bertz CT molecular complexity index is 1230. The molecule has 0 aromatic heterocycles. The maximum absolute atomic E-state index is 14.6. The van der Waals surface area contributed by atoms with Crippen molar-refractivity contribution in [1.29, 1.82) is 0 Å². The van der Waals surface area contributed by atoms with Crippen molar-refractivity contribution in [1.82, 2.24) is 8.61 Å². The van der Waals surface area contributed by atoms with Gasteiger partial charge in [-0.05, 0) is 36.4 Å². The Labute approximate surface area is 188 Å². The highest BCUT2D eigenvalue weighted by Crippen LogP contribution is 2.32. The average molecular weight is 510 g/mol. The summed E-state index contributed by atoms with van der Waals surface area (Å²) in [7, 11) is -8.33. The van der Waals surface area contributed by atoms with E-state index in [4.69, 9.17) is 22.1 Å². The Balaban J connectivity index is 1.94. The maximum atomic E-state index is 14.6. The van der Waals surface area contributed by atoms with E-state index in [0.717, 1.165) is 10.6 Å². The molecular weight excluding hydrogens is 492 g/mol. The van der Waals surface area contributed by atoms with Crippen molar-refractivity contribution >= 4 is 37.6 Å². The van der Waals surface area contributed by atoms with Crippen LogP contribution in [-0.4, -0.2) is 63.3 Å². The SMILES string of the molecule is CS(=O)(=O)N1CCN(S(=O)(=O)c2cc(F)c(Oc3ccc(Cl)cc3)c(F)c2)[C@@H](C(N)=O)C1. The van der Waals surface area contributed by atoms with Crippen molar-refractivity contribution in [3.8, 4) is 11.5 Å². The fraction of sp³-hybridized carbons (Fsp3) is 0.278. The summed E-state index contributed by atoms with van der Waals surface area (Å²) < 4.78 is 85.5. The van der Waals surface area contributed by atoms with Crippen LogP contribution in [0.4, 0.5) is 8.78 Å². The highest BCUT2D eigenvalue weighted by atomic mass is 35.5. The molecule has 1 saturated heterocycles. The minimum absolute atomic E-state index is 0.0634. The highest BCUT2D eigenvalue weighted by Gasteiger charge is 2.42. The normalized spacial score (nSPS) is 18.4. The van der Waals surface area contributed by atoms with Gasteiger partial charge < -0.3 is 10.5 Å². The number of nitrogens with zero attached hydrogens (tertiary/aromatic N) is 2. The number of rotatable bonds is 6. The lowest BCUT2D eigenvalue weighted by molar-refractivity contribution is -0.122. The summed E-state index contributed by atoms with van der Waals surface area (Å²) in [4.78, 5) is 11.1. The number of nitrogens with two attached hydrogens (primary N) is 1. The Hall–Kier alpha value is -2.32. The van der Waals surface area contributed by atoms with E-state index in [2.05, 4.69) is 0 Å². The van der Waals surface area contributed by atoms with Crippen molar-refractivity contribution in [2.45, 2.75) is 10.9 Å². The van der Waals surface area contributed by atoms with Gasteiger partial charge in [0, 0.05) is 24.7 Å². The second-order valence-corrected chi connectivity index (χ2v) is 11.2. The van der Waals surface area contributed by atoms with Gasteiger partial charge in [-0.1, -0.05) is 11.6 Å². The van der Waals surface area contributed by atoms with E-state index >= 15 is 0 Å². The Kier molecular flexibility index (Phi) is 6.77. The molecule has 1 heterocycles. The number of primary amides is 1. The zero-order valence-corrected chi connectivity index (χ0v) is 18.9. The van der Waals surface area contributed by atoms with Gasteiger partial charge in [0.15, 0.2) is 17.4 Å². The Morgan fingerprint density at radius 1 is 1.09 bits per heavy atom. The lowest BCUT2D eigenvalue weighted by Crippen LogP contribution is -2.60. The molecule has 1 amide bonds. The Morgan fingerprint density at radius 2 is 1.66 bits per heavy atom. The van der Waals surface area contributed by atoms with Crippen LogP contribution < -0.4 is 10.5 Å². The molecule has 14 heteroatoms. The number of sulfonamides is 2. The molecule has 1 fully saturated rings. The number of carbonyl (C=O) groups is 1. The molecule has 0 aliphatic carbocycles. The van der Waals surface area contributed by atoms with E-state index in [1.165, 1.54) is 24.3 Å². The third kappa shape index (κ3) is 5.02. The van der Waals surface area contributed by atoms with E-state index in [9.17, 15) is 30.4 Å². The summed E-state index contributed by atoms with van der Waals surface area (Å²) in [5.41, 5.74) is 5.27. The molecule has 1 atom stereocenters. The predicted octanol–water partition coefficient (Wildman–Crippen LogP) is 1.53. The minimum Gasteiger partial charge on any atom is -0.451 e. The third-order valence-corrected chi connectivity index (χ3v) is 8.11. The molecule has 0 saturated carbocycles. The van der Waals surface area contributed by atoms with Crippen molar-refractivity contribution in [2.75, 3.05) is 25.9 Å². The molecule has 174 valence electrons. The first-order chi connectivity index (χ1) is 14.8. The van der Waals surface area contributed by atoms with Gasteiger partial charge in [-0.25, -0.2) is 25.6 Å². The topological polar surface area (TPSA) is 127 Å². The van der Waals surface area contributed by atoms with Crippen LogP contribution in [0.1, 0.15) is 0 Å². The zero-order valence-electron chi connectivity index (χ0n) is 16.5. The smallest absolute Gasteiger partial charge is 0.244 e. The third-order valence-electron chi connectivity index (χ3n) is 4.70. The summed E-state index contributed by atoms with van der Waals surface area (Å²) in [5.74, 6) is -4.48. The van der Waals surface area contributed by atoms with E-state index < -0.39 is 67.4 Å². The molecule has 0 unspecified atom stereocenters. The van der Waals surface area contributed by atoms with Crippen molar-refractivity contribution in [3.05, 3.63) is 53.1 Å². The molecule has 2 aromatic rings. The Morgan fingerprint density at radius 3 is 2.16 bits per heavy atom. The number of halogens is 3. The second kappa shape index (κ2) is 8.90. The minimum atomic E-state index is -4.61. The largest absolute Gasteiger partial charge is 0.451 e. The standard InChI is InChI=1S/C18H18ClF2N3O6S2/c1-31(26,27)23-6-7-24(16(10-23)18(22)25)32(28,29)13-8-14(20)17(15(21)9-13)30-12-4-2-11(19)3-5-12/h2-5,8-9,16H,6-7,10H2,1H3,(H2,22,25)/t16-/m1/s1. The number of benzene rings is 2. The van der Waals surface area contributed by atoms with E-state index in [0.29, 0.717) is 21.5 Å². The molecular formula is C18H18ClF2N3O6S2. The van der Waals surface area contributed by atoms with Crippen molar-refractivity contribution in [2.24, 2.45) is 5.73 Å². The first-order valence-electron chi connectivity index (χ1n) is 8.99. The van der Waals surface area contributed by atoms with Gasteiger partial charge >= 0.3 is 0 Å². The fourth-order valence-electron chi connectivity index (χ4n) is 3.10. The van der Waals surface area contributed by atoms with Crippen molar-refractivity contribution < 1.29 is 35.1 Å². The van der Waals surface area contributed by atoms with E-state index in [1.807, 2.05) is 0 Å². The van der Waals surface area contributed by atoms with Crippen LogP contribution in [-0.2, 0) is 24.8 Å². The van der Waals surface area contributed by atoms with Gasteiger partial charge in [0.05, 0.1) is 11.2 Å². The van der Waals surface area contributed by atoms with E-state index in [-0.39, 0.29) is 12.3 Å². The summed E-state index contributed by atoms with van der Waals surface area (Å²) >= 11 is 5.75. The van der Waals surface area contributed by atoms with E-state index in [1.54, 1.807) is 0 Å². The van der Waals surface area contributed by atoms with Crippen molar-refractivity contribution in [3.63, 3.8) is 0 Å². The van der Waals surface area contributed by atoms with Crippen LogP contribution in [0.15, 0.2) is 41.3 Å². The van der Waals surface area contributed by atoms with Crippen LogP contribution in [0.5, 0.6) is 11.5 Å². The monoisotopic (exact) mass is 509 g/mol. The number of hydrogen-bond acceptors (Lipinski definition) is 6. The molecule has 2 N–H and O–H groups in total. The lowest BCUT2D eigenvalue weighted by atomic mass is 10.2. The number of amides is 1. The summed E-state index contributed by atoms with van der Waals surface area (Å²) in [6, 6.07) is 5.14. The maximum Gasteiger partial charge on any atom is 0.244 e. The first-order valence-corrected chi connectivity index (χ1v) is 12.7. The van der Waals surface area contributed by atoms with Gasteiger partial charge in [0.25, 0.3) is 0 Å². The molecule has 0 bridgehead atoms. The first kappa shape index (κ1) is 24.3. The zero-order chi connectivity index (χ0) is 23.8. The van der Waals surface area contributed by atoms with Crippen LogP contribution in [0.2, 0.25) is 5.02 Å². The van der Waals surface area contributed by atoms with Crippen LogP contribution >= 0.6 is 11.6 Å². The number of hydrogen-bond donors (Lipinski definition) is 1. The molecule has 0 spiro atoms. The molecule has 1 aliphatic rings. The molecule has 1 aliphatic heterocycles. The molecule has 0 radical (unpaired) electrons. The average Bonchev–Trinajstić information content (AvgIpc) is 2.70. The van der Waals surface area contributed by atoms with Crippen LogP contribution in [0.3, 0.4) is 0 Å². The quantitative estimate of drug-likeness (QED) is 0.629. The number of ether oxygens (including phenoxy) is 1. The molecule has 3 rings (SSSR count). The summed E-state index contributed by atoms with van der Waals surface area (Å²) in [6.07, 6.45) is 0.902. The van der Waals surface area contributed by atoms with Gasteiger partial charge in [-0.2, -0.15) is 8.61 Å². The predicted molar refractivity (Wildman–Crippen MR) is 111 cm³/mol. The van der Waals surface area contributed by atoms with Gasteiger partial charge in [-0.15, -0.1) is 0 Å². The lowest BCUT2D eigenvalue weighted by Gasteiger charge is -2.37. The van der Waals surface area contributed by atoms with Gasteiger partial charge in [0.1, 0.15) is 11.8 Å². The summed E-state index contributed by atoms with van der Waals surface area (Å²) in [6.45, 7) is -1.21. The highest BCUT2D eigenvalue weighted by molar-refractivity contribution is 7.89. The number of carbonyl (C=O) groups excluding carboxylic acids is 1.